The van der Waals surface area contributed by atoms with E-state index in [9.17, 15) is 14.7 Å². The number of carbonyl (C=O) groups is 2. The van der Waals surface area contributed by atoms with E-state index in [0.717, 1.165) is 104 Å². The number of amides is 1. The van der Waals surface area contributed by atoms with E-state index in [-0.39, 0.29) is 11.5 Å². The molecule has 0 aliphatic carbocycles. The summed E-state index contributed by atoms with van der Waals surface area (Å²) in [6.45, 7) is 10.9. The lowest BCUT2D eigenvalue weighted by molar-refractivity contribution is 0.0697. The van der Waals surface area contributed by atoms with Crippen molar-refractivity contribution in [2.24, 2.45) is 9.98 Å². The molecule has 2 aromatic heterocycles. The van der Waals surface area contributed by atoms with E-state index < -0.39 is 5.97 Å². The zero-order valence-corrected chi connectivity index (χ0v) is 35.5. The first kappa shape index (κ1) is 42.5. The number of anilines is 4. The summed E-state index contributed by atoms with van der Waals surface area (Å²) in [7, 11) is 0. The van der Waals surface area contributed by atoms with Crippen LogP contribution in [0.2, 0.25) is 0 Å². The smallest absolute Gasteiger partial charge is 0.337 e. The second-order valence-corrected chi connectivity index (χ2v) is 15.6. The van der Waals surface area contributed by atoms with Crippen molar-refractivity contribution in [2.45, 2.75) is 26.7 Å². The maximum atomic E-state index is 12.9. The Kier molecular flexibility index (Phi) is 13.3. The van der Waals surface area contributed by atoms with Crippen molar-refractivity contribution in [3.63, 3.8) is 0 Å². The number of hydrogen-bond acceptors (Lipinski definition) is 11. The maximum absolute atomic E-state index is 12.9. The van der Waals surface area contributed by atoms with Crippen molar-refractivity contribution in [1.82, 2.24) is 9.97 Å². The van der Waals surface area contributed by atoms with Gasteiger partial charge in [0.1, 0.15) is 0 Å². The van der Waals surface area contributed by atoms with E-state index in [1.165, 1.54) is 16.9 Å². The number of carboxylic acid groups (broad SMARTS) is 1. The number of pyridine rings is 2. The number of aromatic carboxylic acids is 1. The summed E-state index contributed by atoms with van der Waals surface area (Å²) in [5.74, 6) is -1.10. The van der Waals surface area contributed by atoms with Crippen molar-refractivity contribution in [3.05, 3.63) is 166 Å². The molecule has 0 unspecified atom stereocenters. The lowest BCUT2D eigenvalue weighted by Gasteiger charge is -2.29. The highest BCUT2D eigenvalue weighted by Crippen LogP contribution is 2.36. The number of carboxylic acids is 1. The Bertz CT molecular complexity index is 2660. The highest BCUT2D eigenvalue weighted by atomic mass is 16.5. The number of aliphatic imine (C=N–C) groups is 2. The predicted octanol–water partition coefficient (Wildman–Crippen LogP) is 8.03. The lowest BCUT2D eigenvalue weighted by atomic mass is 9.98. The Morgan fingerprint density at radius 1 is 0.635 bits per heavy atom. The van der Waals surface area contributed by atoms with Gasteiger partial charge in [-0.25, -0.2) is 4.79 Å². The number of aryl methyl sites for hydroxylation is 2. The Labute approximate surface area is 367 Å². The van der Waals surface area contributed by atoms with Gasteiger partial charge < -0.3 is 35.4 Å². The standard InChI is InChI=1S/C25H24N4O2.C20H20N2O3.C5H6N2/c1-17-14-20(29-10-12-31-13-11-29)7-8-21(17)23-15-18-4-2-6-22(24(18)28-23)25(30)27-19-5-3-9-26-16-19;1-13-11-15(22-7-9-25-10-8-22)5-6-16(13)18-12-14-3-2-4-17(20(23)24)19(14)21-18;6-5-2-1-3-7-4-5/h2-9,14,16H,10-13,15H2,1H3,(H,27,30);2-6,11H,7-10,12H2,1H3,(H,23,24);1-4H,6H2. The van der Waals surface area contributed by atoms with Gasteiger partial charge in [0.25, 0.3) is 5.91 Å². The first-order valence-electron chi connectivity index (χ1n) is 21.1. The molecule has 63 heavy (non-hydrogen) atoms. The number of nitrogens with one attached hydrogen (secondary N) is 1. The van der Waals surface area contributed by atoms with E-state index in [1.54, 1.807) is 55.1 Å². The third-order valence-electron chi connectivity index (χ3n) is 11.3. The fourth-order valence-electron chi connectivity index (χ4n) is 8.10. The zero-order valence-electron chi connectivity index (χ0n) is 35.5. The van der Waals surface area contributed by atoms with Crippen LogP contribution in [0.25, 0.3) is 0 Å². The molecule has 6 heterocycles. The number of para-hydroxylation sites is 2. The molecule has 0 spiro atoms. The molecular weight excluding hydrogens is 793 g/mol. The molecular formula is C50H50N8O5. The minimum atomic E-state index is -0.929. The topological polar surface area (TPSA) is 168 Å². The van der Waals surface area contributed by atoms with E-state index in [2.05, 4.69) is 80.3 Å². The average molecular weight is 843 g/mol. The number of morpholine rings is 2. The van der Waals surface area contributed by atoms with Crippen molar-refractivity contribution < 1.29 is 24.2 Å². The number of nitrogen functional groups attached to an aromatic ring is 1. The largest absolute Gasteiger partial charge is 0.478 e. The monoisotopic (exact) mass is 842 g/mol. The maximum Gasteiger partial charge on any atom is 0.337 e. The van der Waals surface area contributed by atoms with Crippen LogP contribution in [0, 0.1) is 13.8 Å². The fraction of sp³-hybridized carbons (Fsp3) is 0.240. The molecule has 4 N–H and O–H groups in total. The summed E-state index contributed by atoms with van der Waals surface area (Å²) >= 11 is 0. The Morgan fingerprint density at radius 3 is 1.59 bits per heavy atom. The van der Waals surface area contributed by atoms with Crippen molar-refractivity contribution >= 4 is 57.4 Å². The molecule has 4 aliphatic rings. The second kappa shape index (κ2) is 19.7. The van der Waals surface area contributed by atoms with E-state index in [4.69, 9.17) is 20.2 Å². The van der Waals surface area contributed by atoms with Crippen molar-refractivity contribution in [1.29, 1.82) is 0 Å². The van der Waals surface area contributed by atoms with Gasteiger partial charge in [-0.2, -0.15) is 0 Å². The van der Waals surface area contributed by atoms with Crippen LogP contribution < -0.4 is 20.9 Å². The van der Waals surface area contributed by atoms with Crippen LogP contribution in [0.4, 0.5) is 34.1 Å². The fourth-order valence-corrected chi connectivity index (χ4v) is 8.10. The first-order chi connectivity index (χ1) is 30.7. The average Bonchev–Trinajstić information content (AvgIpc) is 3.96. The van der Waals surface area contributed by atoms with Gasteiger partial charge in [0.05, 0.1) is 77.9 Å². The molecule has 4 aliphatic heterocycles. The molecule has 0 bridgehead atoms. The molecule has 320 valence electrons. The van der Waals surface area contributed by atoms with E-state index in [1.807, 2.05) is 30.3 Å². The summed E-state index contributed by atoms with van der Waals surface area (Å²) in [6, 6.07) is 31.3. The first-order valence-corrected chi connectivity index (χ1v) is 21.1. The van der Waals surface area contributed by atoms with Crippen LogP contribution in [0.3, 0.4) is 0 Å². The zero-order chi connectivity index (χ0) is 43.7. The molecule has 2 saturated heterocycles. The molecule has 6 aromatic rings. The quantitative estimate of drug-likeness (QED) is 0.143. The SMILES string of the molecule is Cc1cc(N2CCOCC2)ccc1C1=Nc2c(cccc2C(=O)Nc2cccnc2)C1.Cc1cc(N2CCOCC2)ccc1C1=Nc2c(cccc2C(=O)O)C1.Nc1cccnc1. The number of rotatable bonds is 7. The molecule has 13 heteroatoms. The lowest BCUT2D eigenvalue weighted by Crippen LogP contribution is -2.36. The van der Waals surface area contributed by atoms with Crippen LogP contribution in [-0.2, 0) is 22.3 Å². The van der Waals surface area contributed by atoms with Gasteiger partial charge in [-0.1, -0.05) is 36.4 Å². The van der Waals surface area contributed by atoms with Gasteiger partial charge in [0.15, 0.2) is 0 Å². The third kappa shape index (κ3) is 10.1. The van der Waals surface area contributed by atoms with Gasteiger partial charge in [-0.3, -0.25) is 24.7 Å². The number of hydrogen-bond donors (Lipinski definition) is 3. The van der Waals surface area contributed by atoms with Crippen LogP contribution in [0.1, 0.15) is 54.1 Å². The summed E-state index contributed by atoms with van der Waals surface area (Å²) in [4.78, 5) is 46.3. The van der Waals surface area contributed by atoms with Crippen LogP contribution in [-0.4, -0.2) is 91.0 Å². The normalized spacial score (nSPS) is 15.1. The molecule has 10 rings (SSSR count). The number of nitrogens with zero attached hydrogens (tertiary/aromatic N) is 6. The molecule has 13 nitrogen and oxygen atoms in total. The number of carbonyl (C=O) groups excluding carboxylic acids is 1. The van der Waals surface area contributed by atoms with Crippen LogP contribution in [0.5, 0.6) is 0 Å². The summed E-state index contributed by atoms with van der Waals surface area (Å²) in [6.07, 6.45) is 8.01. The van der Waals surface area contributed by atoms with Gasteiger partial charge in [-0.15, -0.1) is 0 Å². The Morgan fingerprint density at radius 2 is 1.14 bits per heavy atom. The molecule has 1 amide bonds. The van der Waals surface area contributed by atoms with E-state index in [0.29, 0.717) is 29.0 Å². The van der Waals surface area contributed by atoms with Gasteiger partial charge >= 0.3 is 5.97 Å². The minimum Gasteiger partial charge on any atom is -0.478 e. The molecule has 2 fully saturated rings. The van der Waals surface area contributed by atoms with Crippen LogP contribution in [0.15, 0.2) is 132 Å². The van der Waals surface area contributed by atoms with Crippen molar-refractivity contribution in [3.8, 4) is 0 Å². The van der Waals surface area contributed by atoms with Crippen molar-refractivity contribution in [2.75, 3.05) is 73.5 Å². The summed E-state index contributed by atoms with van der Waals surface area (Å²) in [5.41, 5.74) is 19.9. The molecule has 0 atom stereocenters. The number of ether oxygens (including phenoxy) is 2. The van der Waals surface area contributed by atoms with E-state index >= 15 is 0 Å². The Hall–Kier alpha value is -7.22. The van der Waals surface area contributed by atoms with Gasteiger partial charge in [-0.05, 0) is 108 Å². The molecule has 0 saturated carbocycles. The number of aromatic nitrogens is 2. The van der Waals surface area contributed by atoms with Crippen LogP contribution >= 0.6 is 0 Å². The Balaban J connectivity index is 0.000000152. The highest BCUT2D eigenvalue weighted by Gasteiger charge is 2.25. The van der Waals surface area contributed by atoms with Gasteiger partial charge in [0, 0.05) is 69.0 Å². The summed E-state index contributed by atoms with van der Waals surface area (Å²) in [5, 5.41) is 12.3. The number of nitrogens with two attached hydrogens (primary N) is 1. The third-order valence-corrected chi connectivity index (χ3v) is 11.3. The highest BCUT2D eigenvalue weighted by molar-refractivity contribution is 6.14. The predicted molar refractivity (Wildman–Crippen MR) is 249 cm³/mol. The molecule has 4 aromatic carbocycles. The second-order valence-electron chi connectivity index (χ2n) is 15.6. The number of fused-ring (bicyclic) bond motifs is 2. The summed E-state index contributed by atoms with van der Waals surface area (Å²) < 4.78 is 10.9. The number of benzene rings is 4. The van der Waals surface area contributed by atoms with Gasteiger partial charge in [0.2, 0.25) is 0 Å². The molecule has 0 radical (unpaired) electrons. The minimum absolute atomic E-state index is 0.172.